The zero-order valence-electron chi connectivity index (χ0n) is 6.52. The predicted molar refractivity (Wildman–Crippen MR) is 50.3 cm³/mol. The van der Waals surface area contributed by atoms with Crippen LogP contribution in [0, 0.1) is 0 Å². The van der Waals surface area contributed by atoms with Crippen LogP contribution in [0.1, 0.15) is 6.42 Å². The van der Waals surface area contributed by atoms with Gasteiger partial charge in [0.25, 0.3) is 0 Å². The van der Waals surface area contributed by atoms with E-state index < -0.39 is 5.97 Å². The molecule has 1 saturated heterocycles. The van der Waals surface area contributed by atoms with Crippen LogP contribution in [0.3, 0.4) is 0 Å². The van der Waals surface area contributed by atoms with Gasteiger partial charge in [-0.1, -0.05) is 0 Å². The van der Waals surface area contributed by atoms with Crippen molar-refractivity contribution in [1.82, 2.24) is 0 Å². The fourth-order valence-corrected chi connectivity index (χ4v) is 3.20. The molecule has 0 radical (unpaired) electrons. The lowest BCUT2D eigenvalue weighted by Crippen LogP contribution is -2.17. The molecule has 68 valence electrons. The first-order valence-electron chi connectivity index (χ1n) is 3.68. The van der Waals surface area contributed by atoms with E-state index in [1.807, 2.05) is 0 Å². The average molecular weight is 206 g/mol. The van der Waals surface area contributed by atoms with Crippen LogP contribution >= 0.6 is 23.5 Å². The van der Waals surface area contributed by atoms with Crippen molar-refractivity contribution in [2.75, 3.05) is 17.3 Å². The predicted octanol–water partition coefficient (Wildman–Crippen LogP) is 0.925. The minimum absolute atomic E-state index is 0.129. The molecule has 12 heavy (non-hydrogen) atoms. The summed E-state index contributed by atoms with van der Waals surface area (Å²) in [6, 6.07) is 0. The number of carbonyl (C=O) groups excluding carboxylic acids is 2. The molecule has 5 heteroatoms. The van der Waals surface area contributed by atoms with Crippen molar-refractivity contribution >= 4 is 35.8 Å². The molecule has 0 spiro atoms. The minimum atomic E-state index is -0.755. The summed E-state index contributed by atoms with van der Waals surface area (Å²) in [6.07, 6.45) is 1.36. The largest absolute Gasteiger partial charge is 0.445 e. The summed E-state index contributed by atoms with van der Waals surface area (Å²) in [5.41, 5.74) is -0.129. The molecule has 0 aromatic carbocycles. The average Bonchev–Trinajstić information content (AvgIpc) is 2.33. The van der Waals surface area contributed by atoms with E-state index in [1.54, 1.807) is 23.5 Å². The third-order valence-electron chi connectivity index (χ3n) is 1.33. The maximum absolute atomic E-state index is 10.6. The van der Waals surface area contributed by atoms with Crippen LogP contribution < -0.4 is 0 Å². The second kappa shape index (κ2) is 5.48. The number of rotatable bonds is 2. The van der Waals surface area contributed by atoms with E-state index in [9.17, 15) is 9.59 Å². The van der Waals surface area contributed by atoms with Crippen molar-refractivity contribution in [3.63, 3.8) is 0 Å². The third-order valence-corrected chi connectivity index (χ3v) is 3.82. The van der Waals surface area contributed by atoms with Gasteiger partial charge < -0.3 is 4.74 Å². The molecule has 0 aromatic heterocycles. The summed E-state index contributed by atoms with van der Waals surface area (Å²) in [5.74, 6) is 2.16. The van der Waals surface area contributed by atoms with E-state index in [1.165, 1.54) is 0 Å². The van der Waals surface area contributed by atoms with Crippen molar-refractivity contribution in [2.24, 2.45) is 0 Å². The number of aldehydes is 1. The lowest BCUT2D eigenvalue weighted by atomic mass is 10.6. The Morgan fingerprint density at radius 2 is 2.33 bits per heavy atom. The number of esters is 1. The Labute approximate surface area is 79.6 Å². The van der Waals surface area contributed by atoms with Crippen LogP contribution in [-0.2, 0) is 14.3 Å². The molecular weight excluding hydrogens is 196 g/mol. The molecular formula is C7H10O3S2. The Bertz CT molecular complexity index is 164. The fourth-order valence-electron chi connectivity index (χ4n) is 0.829. The molecule has 1 fully saturated rings. The number of ether oxygens (including phenoxy) is 1. The zero-order chi connectivity index (χ0) is 8.81. The molecule has 1 unspecified atom stereocenters. The highest BCUT2D eigenvalue weighted by molar-refractivity contribution is 8.03. The molecule has 0 N–H and O–H groups in total. The van der Waals surface area contributed by atoms with Crippen LogP contribution in [0.15, 0.2) is 0 Å². The number of thioether (sulfide) groups is 2. The van der Waals surface area contributed by atoms with E-state index in [0.717, 1.165) is 23.7 Å². The molecule has 0 aliphatic carbocycles. The first-order valence-corrected chi connectivity index (χ1v) is 5.88. The highest BCUT2D eigenvalue weighted by Gasteiger charge is 2.16. The Kier molecular flexibility index (Phi) is 4.53. The monoisotopic (exact) mass is 206 g/mol. The van der Waals surface area contributed by atoms with Gasteiger partial charge in [0.2, 0.25) is 6.29 Å². The Balaban J connectivity index is 2.29. The van der Waals surface area contributed by atoms with Crippen molar-refractivity contribution in [2.45, 2.75) is 11.9 Å². The van der Waals surface area contributed by atoms with Gasteiger partial charge in [0, 0.05) is 5.75 Å². The van der Waals surface area contributed by atoms with Crippen LogP contribution in [0.4, 0.5) is 0 Å². The molecule has 0 aromatic rings. The highest BCUT2D eigenvalue weighted by Crippen LogP contribution is 2.23. The second-order valence-electron chi connectivity index (χ2n) is 2.28. The van der Waals surface area contributed by atoms with Crippen molar-refractivity contribution in [3.05, 3.63) is 0 Å². The van der Waals surface area contributed by atoms with Crippen LogP contribution in [-0.4, -0.2) is 35.0 Å². The molecule has 1 aliphatic rings. The normalized spacial score (nSPS) is 24.2. The molecule has 1 rings (SSSR count). The van der Waals surface area contributed by atoms with E-state index in [2.05, 4.69) is 0 Å². The number of hydrogen-bond donors (Lipinski definition) is 0. The quantitative estimate of drug-likeness (QED) is 0.382. The van der Waals surface area contributed by atoms with Crippen LogP contribution in [0.2, 0.25) is 0 Å². The lowest BCUT2D eigenvalue weighted by molar-refractivity contribution is -0.149. The van der Waals surface area contributed by atoms with Crippen molar-refractivity contribution in [3.8, 4) is 0 Å². The summed E-state index contributed by atoms with van der Waals surface area (Å²) in [5, 5.41) is 0. The van der Waals surface area contributed by atoms with Gasteiger partial charge in [-0.3, -0.25) is 4.79 Å². The van der Waals surface area contributed by atoms with E-state index in [0.29, 0.717) is 0 Å². The Morgan fingerprint density at radius 3 is 3.08 bits per heavy atom. The van der Waals surface area contributed by atoms with Crippen LogP contribution in [0.25, 0.3) is 0 Å². The molecule has 3 nitrogen and oxygen atoms in total. The topological polar surface area (TPSA) is 43.4 Å². The third kappa shape index (κ3) is 3.49. The smallest absolute Gasteiger partial charge is 0.372 e. The summed E-state index contributed by atoms with van der Waals surface area (Å²) in [6.45, 7) is 0. The van der Waals surface area contributed by atoms with Gasteiger partial charge in [0.1, 0.15) is 0 Å². The first-order chi connectivity index (χ1) is 5.83. The van der Waals surface area contributed by atoms with Gasteiger partial charge in [-0.15, -0.1) is 11.8 Å². The van der Waals surface area contributed by atoms with Crippen LogP contribution in [0.5, 0.6) is 0 Å². The maximum atomic E-state index is 10.6. The second-order valence-corrected chi connectivity index (χ2v) is 4.70. The van der Waals surface area contributed by atoms with Gasteiger partial charge >= 0.3 is 5.97 Å². The Hall–Kier alpha value is -0.160. The van der Waals surface area contributed by atoms with E-state index >= 15 is 0 Å². The first kappa shape index (κ1) is 9.92. The molecule has 1 atom stereocenters. The summed E-state index contributed by atoms with van der Waals surface area (Å²) < 4.78 is 4.86. The summed E-state index contributed by atoms with van der Waals surface area (Å²) >= 11 is 3.37. The molecule has 0 bridgehead atoms. The van der Waals surface area contributed by atoms with Gasteiger partial charge in [0.05, 0.1) is 0 Å². The summed E-state index contributed by atoms with van der Waals surface area (Å²) in [4.78, 5) is 20.6. The van der Waals surface area contributed by atoms with Gasteiger partial charge in [-0.05, 0) is 17.9 Å². The highest BCUT2D eigenvalue weighted by atomic mass is 32.2. The molecule has 1 aliphatic heterocycles. The van der Waals surface area contributed by atoms with Gasteiger partial charge in [0.15, 0.2) is 5.44 Å². The van der Waals surface area contributed by atoms with Gasteiger partial charge in [-0.2, -0.15) is 11.8 Å². The minimum Gasteiger partial charge on any atom is -0.445 e. The molecule has 0 saturated carbocycles. The van der Waals surface area contributed by atoms with Gasteiger partial charge in [-0.25, -0.2) is 4.79 Å². The fraction of sp³-hybridized carbons (Fsp3) is 0.714. The van der Waals surface area contributed by atoms with Crippen molar-refractivity contribution in [1.29, 1.82) is 0 Å². The van der Waals surface area contributed by atoms with E-state index in [4.69, 9.17) is 4.74 Å². The van der Waals surface area contributed by atoms with E-state index in [-0.39, 0.29) is 11.7 Å². The lowest BCUT2D eigenvalue weighted by Gasteiger charge is -2.11. The van der Waals surface area contributed by atoms with Crippen molar-refractivity contribution < 1.29 is 14.3 Å². The molecule has 0 amide bonds. The maximum Gasteiger partial charge on any atom is 0.372 e. The summed E-state index contributed by atoms with van der Waals surface area (Å²) in [7, 11) is 0. The zero-order valence-corrected chi connectivity index (χ0v) is 8.16. The molecule has 1 heterocycles. The number of hydrogen-bond acceptors (Lipinski definition) is 5. The number of carbonyl (C=O) groups is 2. The SMILES string of the molecule is O=CC(=O)OC1CSCCCS1. The standard InChI is InChI=1S/C7H10O3S2/c8-4-6(9)10-7-5-11-2-1-3-12-7/h4,7H,1-3,5H2. The Morgan fingerprint density at radius 1 is 1.50 bits per heavy atom.